The zero-order chi connectivity index (χ0) is 9.94. The molecule has 2 heteroatoms. The van der Waals surface area contributed by atoms with Crippen molar-refractivity contribution in [2.24, 2.45) is 5.84 Å². The SMILES string of the molecule is CC#CCC(CCCCCC)NN. The van der Waals surface area contributed by atoms with Crippen LogP contribution in [0.1, 0.15) is 52.4 Å². The highest BCUT2D eigenvalue weighted by Crippen LogP contribution is 2.06. The van der Waals surface area contributed by atoms with Gasteiger partial charge in [0, 0.05) is 12.5 Å². The summed E-state index contributed by atoms with van der Waals surface area (Å²) in [6.07, 6.45) is 7.21. The van der Waals surface area contributed by atoms with Crippen LogP contribution in [-0.4, -0.2) is 6.04 Å². The first-order chi connectivity index (χ1) is 6.35. The predicted molar refractivity (Wildman–Crippen MR) is 57.9 cm³/mol. The maximum atomic E-state index is 5.41. The van der Waals surface area contributed by atoms with Crippen LogP contribution >= 0.6 is 0 Å². The van der Waals surface area contributed by atoms with Crippen LogP contribution in [0.4, 0.5) is 0 Å². The van der Waals surface area contributed by atoms with Gasteiger partial charge in [-0.1, -0.05) is 32.6 Å². The van der Waals surface area contributed by atoms with Gasteiger partial charge in [-0.05, 0) is 13.3 Å². The van der Waals surface area contributed by atoms with Crippen molar-refractivity contribution in [1.29, 1.82) is 0 Å². The van der Waals surface area contributed by atoms with Crippen LogP contribution in [0.2, 0.25) is 0 Å². The van der Waals surface area contributed by atoms with Gasteiger partial charge in [-0.3, -0.25) is 11.3 Å². The molecule has 0 radical (unpaired) electrons. The maximum Gasteiger partial charge on any atom is 0.0319 e. The van der Waals surface area contributed by atoms with Crippen molar-refractivity contribution >= 4 is 0 Å². The molecule has 0 aliphatic rings. The minimum absolute atomic E-state index is 0.379. The molecule has 0 saturated carbocycles. The maximum absolute atomic E-state index is 5.41. The monoisotopic (exact) mass is 182 g/mol. The zero-order valence-electron chi connectivity index (χ0n) is 8.90. The van der Waals surface area contributed by atoms with Gasteiger partial charge >= 0.3 is 0 Å². The molecule has 0 saturated heterocycles. The first-order valence-electron chi connectivity index (χ1n) is 5.20. The number of hydrogen-bond acceptors (Lipinski definition) is 2. The highest BCUT2D eigenvalue weighted by atomic mass is 15.2. The Balaban J connectivity index is 3.40. The standard InChI is InChI=1S/C11H22N2/c1-3-5-7-8-10-11(13-12)9-6-4-2/h11,13H,3,5,7-10,12H2,1-2H3. The minimum atomic E-state index is 0.379. The van der Waals surface area contributed by atoms with Crippen molar-refractivity contribution in [2.75, 3.05) is 0 Å². The van der Waals surface area contributed by atoms with Gasteiger partial charge in [0.15, 0.2) is 0 Å². The molecule has 0 aromatic rings. The van der Waals surface area contributed by atoms with Crippen molar-refractivity contribution < 1.29 is 0 Å². The average Bonchev–Trinajstić information content (AvgIpc) is 2.17. The Morgan fingerprint density at radius 3 is 2.62 bits per heavy atom. The summed E-state index contributed by atoms with van der Waals surface area (Å²) in [7, 11) is 0. The molecule has 0 bridgehead atoms. The van der Waals surface area contributed by atoms with E-state index < -0.39 is 0 Å². The lowest BCUT2D eigenvalue weighted by Gasteiger charge is -2.11. The van der Waals surface area contributed by atoms with Crippen molar-refractivity contribution in [3.05, 3.63) is 0 Å². The zero-order valence-corrected chi connectivity index (χ0v) is 8.90. The third-order valence-corrected chi connectivity index (χ3v) is 2.17. The fraction of sp³-hybridized carbons (Fsp3) is 0.818. The van der Waals surface area contributed by atoms with E-state index in [4.69, 9.17) is 5.84 Å². The molecule has 0 rings (SSSR count). The molecular formula is C11H22N2. The number of nitrogens with two attached hydrogens (primary N) is 1. The van der Waals surface area contributed by atoms with Gasteiger partial charge < -0.3 is 0 Å². The van der Waals surface area contributed by atoms with Crippen LogP contribution < -0.4 is 11.3 Å². The molecule has 13 heavy (non-hydrogen) atoms. The summed E-state index contributed by atoms with van der Waals surface area (Å²) in [6, 6.07) is 0.379. The van der Waals surface area contributed by atoms with Crippen LogP contribution in [0.25, 0.3) is 0 Å². The van der Waals surface area contributed by atoms with Crippen LogP contribution in [0.15, 0.2) is 0 Å². The highest BCUT2D eigenvalue weighted by Gasteiger charge is 2.02. The molecule has 3 N–H and O–H groups in total. The number of hydrazine groups is 1. The summed E-state index contributed by atoms with van der Waals surface area (Å²) in [5.74, 6) is 11.3. The second-order valence-corrected chi connectivity index (χ2v) is 3.34. The van der Waals surface area contributed by atoms with Crippen LogP contribution in [0.5, 0.6) is 0 Å². The minimum Gasteiger partial charge on any atom is -0.271 e. The predicted octanol–water partition coefficient (Wildman–Crippen LogP) is 2.20. The van der Waals surface area contributed by atoms with E-state index in [2.05, 4.69) is 24.2 Å². The largest absolute Gasteiger partial charge is 0.271 e. The van der Waals surface area contributed by atoms with Crippen molar-refractivity contribution in [2.45, 2.75) is 58.4 Å². The Hall–Kier alpha value is -0.520. The van der Waals surface area contributed by atoms with Crippen LogP contribution in [-0.2, 0) is 0 Å². The summed E-state index contributed by atoms with van der Waals surface area (Å²) < 4.78 is 0. The van der Waals surface area contributed by atoms with Gasteiger partial charge in [0.25, 0.3) is 0 Å². The first-order valence-corrected chi connectivity index (χ1v) is 5.20. The summed E-state index contributed by atoms with van der Waals surface area (Å²) in [6.45, 7) is 4.09. The Labute approximate surface area is 82.2 Å². The third-order valence-electron chi connectivity index (χ3n) is 2.17. The van der Waals surface area contributed by atoms with E-state index in [-0.39, 0.29) is 0 Å². The number of hydrogen-bond donors (Lipinski definition) is 2. The fourth-order valence-corrected chi connectivity index (χ4v) is 1.29. The smallest absolute Gasteiger partial charge is 0.0319 e. The normalized spacial score (nSPS) is 11.9. The van der Waals surface area contributed by atoms with Crippen LogP contribution in [0.3, 0.4) is 0 Å². The number of unbranched alkanes of at least 4 members (excludes halogenated alkanes) is 3. The van der Waals surface area contributed by atoms with Crippen molar-refractivity contribution in [1.82, 2.24) is 5.43 Å². The summed E-state index contributed by atoms with van der Waals surface area (Å²) >= 11 is 0. The van der Waals surface area contributed by atoms with E-state index in [0.717, 1.165) is 12.8 Å². The van der Waals surface area contributed by atoms with Gasteiger partial charge in [-0.15, -0.1) is 11.8 Å². The third kappa shape index (κ3) is 7.83. The van der Waals surface area contributed by atoms with Gasteiger partial charge in [0.1, 0.15) is 0 Å². The van der Waals surface area contributed by atoms with Crippen molar-refractivity contribution in [3.8, 4) is 11.8 Å². The van der Waals surface area contributed by atoms with Gasteiger partial charge in [-0.2, -0.15) is 0 Å². The second kappa shape index (κ2) is 9.57. The summed E-state index contributed by atoms with van der Waals surface area (Å²) in [5, 5.41) is 0. The highest BCUT2D eigenvalue weighted by molar-refractivity contribution is 4.97. The van der Waals surface area contributed by atoms with E-state index in [0.29, 0.717) is 6.04 Å². The fourth-order valence-electron chi connectivity index (χ4n) is 1.29. The number of rotatable bonds is 7. The molecule has 0 heterocycles. The van der Waals surface area contributed by atoms with E-state index in [9.17, 15) is 0 Å². The van der Waals surface area contributed by atoms with E-state index in [1.807, 2.05) is 6.92 Å². The van der Waals surface area contributed by atoms with Gasteiger partial charge in [0.2, 0.25) is 0 Å². The molecule has 2 nitrogen and oxygen atoms in total. The number of nitrogens with one attached hydrogen (secondary N) is 1. The molecule has 0 amide bonds. The topological polar surface area (TPSA) is 38.0 Å². The van der Waals surface area contributed by atoms with Gasteiger partial charge in [-0.25, -0.2) is 0 Å². The molecular weight excluding hydrogens is 160 g/mol. The van der Waals surface area contributed by atoms with Gasteiger partial charge in [0.05, 0.1) is 0 Å². The molecule has 0 aliphatic heterocycles. The van der Waals surface area contributed by atoms with E-state index >= 15 is 0 Å². The summed E-state index contributed by atoms with van der Waals surface area (Å²) in [4.78, 5) is 0. The Morgan fingerprint density at radius 2 is 2.08 bits per heavy atom. The molecule has 0 fully saturated rings. The molecule has 1 unspecified atom stereocenters. The molecule has 0 spiro atoms. The molecule has 0 aromatic heterocycles. The molecule has 0 aliphatic carbocycles. The van der Waals surface area contributed by atoms with E-state index in [1.54, 1.807) is 0 Å². The lowest BCUT2D eigenvalue weighted by molar-refractivity contribution is 0.473. The molecule has 76 valence electrons. The average molecular weight is 182 g/mol. The molecule has 1 atom stereocenters. The lowest BCUT2D eigenvalue weighted by Crippen LogP contribution is -2.34. The van der Waals surface area contributed by atoms with E-state index in [1.165, 1.54) is 25.7 Å². The summed E-state index contributed by atoms with van der Waals surface area (Å²) in [5.41, 5.74) is 2.81. The van der Waals surface area contributed by atoms with Crippen molar-refractivity contribution in [3.63, 3.8) is 0 Å². The Morgan fingerprint density at radius 1 is 1.31 bits per heavy atom. The molecule has 0 aromatic carbocycles. The Kier molecular flexibility index (Phi) is 9.18. The lowest BCUT2D eigenvalue weighted by atomic mass is 10.1. The first kappa shape index (κ1) is 12.5. The quantitative estimate of drug-likeness (QED) is 0.274. The van der Waals surface area contributed by atoms with Crippen LogP contribution in [0, 0.1) is 11.8 Å². The second-order valence-electron chi connectivity index (χ2n) is 3.34. The Bertz CT molecular complexity index is 155.